The number of rotatable bonds is 4. The Labute approximate surface area is 107 Å². The van der Waals surface area contributed by atoms with E-state index in [2.05, 4.69) is 12.2 Å². The number of nitrogens with one attached hydrogen (secondary N) is 1. The van der Waals surface area contributed by atoms with Gasteiger partial charge in [-0.05, 0) is 51.4 Å². The Hall–Kier alpha value is -0.0800. The monoisotopic (exact) mass is 239 g/mol. The molecule has 2 fully saturated rings. The molecule has 2 rings (SSSR count). The van der Waals surface area contributed by atoms with E-state index in [0.717, 1.165) is 5.92 Å². The Balaban J connectivity index is 1.74. The van der Waals surface area contributed by atoms with E-state index < -0.39 is 0 Å². The first-order valence-electron chi connectivity index (χ1n) is 7.58. The molecule has 2 heteroatoms. The van der Waals surface area contributed by atoms with Crippen LogP contribution in [0.3, 0.4) is 0 Å². The molecule has 2 aliphatic rings. The summed E-state index contributed by atoms with van der Waals surface area (Å²) in [5, 5.41) is 3.87. The number of ether oxygens (including phenoxy) is 1. The van der Waals surface area contributed by atoms with Gasteiger partial charge < -0.3 is 10.1 Å². The highest BCUT2D eigenvalue weighted by atomic mass is 16.5. The summed E-state index contributed by atoms with van der Waals surface area (Å²) >= 11 is 0. The summed E-state index contributed by atoms with van der Waals surface area (Å²) in [4.78, 5) is 0. The molecule has 0 spiro atoms. The Morgan fingerprint density at radius 2 is 1.76 bits per heavy atom. The van der Waals surface area contributed by atoms with Crippen molar-refractivity contribution in [3.63, 3.8) is 0 Å². The van der Waals surface area contributed by atoms with Crippen LogP contribution >= 0.6 is 0 Å². The third-order valence-electron chi connectivity index (χ3n) is 4.81. The van der Waals surface area contributed by atoms with Crippen LogP contribution in [0.2, 0.25) is 0 Å². The van der Waals surface area contributed by atoms with Gasteiger partial charge in [0.15, 0.2) is 0 Å². The lowest BCUT2D eigenvalue weighted by molar-refractivity contribution is 0.0551. The van der Waals surface area contributed by atoms with Gasteiger partial charge in [0.25, 0.3) is 0 Å². The number of hydrogen-bond acceptors (Lipinski definition) is 2. The highest BCUT2D eigenvalue weighted by molar-refractivity contribution is 4.83. The van der Waals surface area contributed by atoms with E-state index in [1.165, 1.54) is 57.8 Å². The van der Waals surface area contributed by atoms with Crippen molar-refractivity contribution in [2.24, 2.45) is 5.92 Å². The Bertz CT molecular complexity index is 213. The van der Waals surface area contributed by atoms with E-state index in [9.17, 15) is 0 Å². The zero-order valence-electron chi connectivity index (χ0n) is 11.6. The third kappa shape index (κ3) is 3.96. The van der Waals surface area contributed by atoms with Crippen molar-refractivity contribution in [2.75, 3.05) is 7.11 Å². The van der Waals surface area contributed by atoms with E-state index in [-0.39, 0.29) is 0 Å². The predicted molar refractivity (Wildman–Crippen MR) is 72.2 cm³/mol. The molecule has 0 aromatic rings. The van der Waals surface area contributed by atoms with Crippen LogP contribution in [0.25, 0.3) is 0 Å². The minimum absolute atomic E-state index is 0.500. The van der Waals surface area contributed by atoms with E-state index in [1.54, 1.807) is 0 Å². The molecule has 0 amide bonds. The van der Waals surface area contributed by atoms with Crippen LogP contribution in [-0.2, 0) is 4.74 Å². The minimum Gasteiger partial charge on any atom is -0.381 e. The van der Waals surface area contributed by atoms with Crippen molar-refractivity contribution in [3.05, 3.63) is 0 Å². The summed E-state index contributed by atoms with van der Waals surface area (Å²) < 4.78 is 5.51. The second-order valence-corrected chi connectivity index (χ2v) is 6.07. The molecule has 1 N–H and O–H groups in total. The van der Waals surface area contributed by atoms with Gasteiger partial charge in [0.1, 0.15) is 0 Å². The smallest absolute Gasteiger partial charge is 0.0586 e. The Kier molecular flexibility index (Phi) is 5.30. The fourth-order valence-corrected chi connectivity index (χ4v) is 3.65. The number of hydrogen-bond donors (Lipinski definition) is 1. The third-order valence-corrected chi connectivity index (χ3v) is 4.81. The van der Waals surface area contributed by atoms with Gasteiger partial charge in [0.05, 0.1) is 6.10 Å². The maximum atomic E-state index is 5.51. The van der Waals surface area contributed by atoms with Gasteiger partial charge in [-0.1, -0.05) is 19.3 Å². The van der Waals surface area contributed by atoms with Gasteiger partial charge in [0.2, 0.25) is 0 Å². The fourth-order valence-electron chi connectivity index (χ4n) is 3.65. The normalized spacial score (nSPS) is 33.5. The van der Waals surface area contributed by atoms with Crippen LogP contribution in [0.4, 0.5) is 0 Å². The molecule has 0 saturated heterocycles. The van der Waals surface area contributed by atoms with E-state index in [1.807, 2.05) is 7.11 Å². The highest BCUT2D eigenvalue weighted by Gasteiger charge is 2.26. The topological polar surface area (TPSA) is 21.3 Å². The van der Waals surface area contributed by atoms with Gasteiger partial charge in [0, 0.05) is 19.2 Å². The van der Waals surface area contributed by atoms with E-state index >= 15 is 0 Å². The van der Waals surface area contributed by atoms with Crippen LogP contribution in [0.5, 0.6) is 0 Å². The maximum absolute atomic E-state index is 5.51. The Morgan fingerprint density at radius 3 is 2.47 bits per heavy atom. The molecule has 0 aromatic heterocycles. The SMILES string of the molecule is COC1CCCC(N[C@H](C)C2CCCCC2)C1. The fraction of sp³-hybridized carbons (Fsp3) is 1.00. The molecule has 2 unspecified atom stereocenters. The van der Waals surface area contributed by atoms with Crippen LogP contribution in [0.15, 0.2) is 0 Å². The van der Waals surface area contributed by atoms with Crippen molar-refractivity contribution in [2.45, 2.75) is 82.9 Å². The molecule has 2 aliphatic carbocycles. The van der Waals surface area contributed by atoms with Crippen LogP contribution in [0.1, 0.15) is 64.7 Å². The first-order valence-corrected chi connectivity index (χ1v) is 7.58. The lowest BCUT2D eigenvalue weighted by Gasteiger charge is -2.35. The minimum atomic E-state index is 0.500. The summed E-state index contributed by atoms with van der Waals surface area (Å²) in [6, 6.07) is 1.40. The molecule has 2 nitrogen and oxygen atoms in total. The van der Waals surface area contributed by atoms with Gasteiger partial charge in [-0.25, -0.2) is 0 Å². The van der Waals surface area contributed by atoms with Crippen LogP contribution in [0, 0.1) is 5.92 Å². The molecule has 3 atom stereocenters. The lowest BCUT2D eigenvalue weighted by atomic mass is 9.83. The second-order valence-electron chi connectivity index (χ2n) is 6.07. The van der Waals surface area contributed by atoms with Gasteiger partial charge in [-0.3, -0.25) is 0 Å². The lowest BCUT2D eigenvalue weighted by Crippen LogP contribution is -2.44. The maximum Gasteiger partial charge on any atom is 0.0586 e. The molecule has 0 aromatic carbocycles. The van der Waals surface area contributed by atoms with Crippen LogP contribution in [-0.4, -0.2) is 25.3 Å². The molecule has 100 valence electrons. The highest BCUT2D eigenvalue weighted by Crippen LogP contribution is 2.28. The largest absolute Gasteiger partial charge is 0.381 e. The summed E-state index contributed by atoms with van der Waals surface area (Å²) in [5.74, 6) is 0.923. The predicted octanol–water partition coefficient (Wildman–Crippen LogP) is 3.50. The van der Waals surface area contributed by atoms with Gasteiger partial charge in [-0.15, -0.1) is 0 Å². The average Bonchev–Trinajstić information content (AvgIpc) is 2.40. The number of methoxy groups -OCH3 is 1. The van der Waals surface area contributed by atoms with Crippen molar-refractivity contribution in [1.29, 1.82) is 0 Å². The second kappa shape index (κ2) is 6.75. The molecule has 17 heavy (non-hydrogen) atoms. The zero-order chi connectivity index (χ0) is 12.1. The zero-order valence-corrected chi connectivity index (χ0v) is 11.6. The van der Waals surface area contributed by atoms with Crippen molar-refractivity contribution >= 4 is 0 Å². The van der Waals surface area contributed by atoms with Crippen LogP contribution < -0.4 is 5.32 Å². The van der Waals surface area contributed by atoms with E-state index in [4.69, 9.17) is 4.74 Å². The molecule has 0 bridgehead atoms. The Morgan fingerprint density at radius 1 is 1.00 bits per heavy atom. The molecule has 0 aliphatic heterocycles. The van der Waals surface area contributed by atoms with Crippen molar-refractivity contribution in [3.8, 4) is 0 Å². The average molecular weight is 239 g/mol. The summed E-state index contributed by atoms with van der Waals surface area (Å²) in [6.07, 6.45) is 12.9. The van der Waals surface area contributed by atoms with Gasteiger partial charge >= 0.3 is 0 Å². The summed E-state index contributed by atoms with van der Waals surface area (Å²) in [6.45, 7) is 2.40. The van der Waals surface area contributed by atoms with Gasteiger partial charge in [-0.2, -0.15) is 0 Å². The summed E-state index contributed by atoms with van der Waals surface area (Å²) in [7, 11) is 1.86. The van der Waals surface area contributed by atoms with Crippen molar-refractivity contribution < 1.29 is 4.74 Å². The molecular formula is C15H29NO. The molecule has 2 saturated carbocycles. The van der Waals surface area contributed by atoms with E-state index in [0.29, 0.717) is 18.2 Å². The summed E-state index contributed by atoms with van der Waals surface area (Å²) in [5.41, 5.74) is 0. The first-order chi connectivity index (χ1) is 8.29. The molecule has 0 radical (unpaired) electrons. The first kappa shape index (κ1) is 13.4. The van der Waals surface area contributed by atoms with Crippen molar-refractivity contribution in [1.82, 2.24) is 5.32 Å². The standard InChI is InChI=1S/C15H29NO/c1-12(13-7-4-3-5-8-13)16-14-9-6-10-15(11-14)17-2/h12-16H,3-11H2,1-2H3/t12-,14?,15?/m1/s1. The quantitative estimate of drug-likeness (QED) is 0.810. The molecule has 0 heterocycles. The molecular weight excluding hydrogens is 210 g/mol.